The molecule has 3 aromatic rings. The first-order chi connectivity index (χ1) is 14.7. The molecule has 3 heterocycles. The van der Waals surface area contributed by atoms with E-state index in [1.807, 2.05) is 19.9 Å². The standard InChI is InChI=1S/C22H29N5O3S/c1-6-19-21(31(28,29)18-9-7-17(30-5)8-10-18)22-24-14(2)11-20(27(22)25-19)26-12-15(3)23-16(4)13-26/h7-11,15-16,23H,6,12-13H2,1-5H3/t15-,16+. The third kappa shape index (κ3) is 3.87. The number of fused-ring (bicyclic) bond motifs is 1. The lowest BCUT2D eigenvalue weighted by molar-refractivity contribution is 0.403. The molecule has 1 aliphatic heterocycles. The van der Waals surface area contributed by atoms with Crippen molar-refractivity contribution in [3.8, 4) is 5.75 Å². The van der Waals surface area contributed by atoms with Gasteiger partial charge in [0, 0.05) is 36.9 Å². The van der Waals surface area contributed by atoms with Gasteiger partial charge in [0.05, 0.1) is 17.7 Å². The maximum Gasteiger partial charge on any atom is 0.212 e. The van der Waals surface area contributed by atoms with Crippen molar-refractivity contribution in [1.82, 2.24) is 19.9 Å². The fourth-order valence-corrected chi connectivity index (χ4v) is 5.86. The Morgan fingerprint density at radius 3 is 2.39 bits per heavy atom. The van der Waals surface area contributed by atoms with Gasteiger partial charge in [-0.15, -0.1) is 0 Å². The summed E-state index contributed by atoms with van der Waals surface area (Å²) in [6.45, 7) is 9.72. The van der Waals surface area contributed by atoms with E-state index in [2.05, 4.69) is 29.0 Å². The number of aryl methyl sites for hydroxylation is 2. The Labute approximate surface area is 183 Å². The van der Waals surface area contributed by atoms with E-state index in [1.54, 1.807) is 35.9 Å². The Bertz CT molecular complexity index is 1190. The third-order valence-electron chi connectivity index (χ3n) is 5.58. The van der Waals surface area contributed by atoms with Crippen LogP contribution in [0.1, 0.15) is 32.2 Å². The van der Waals surface area contributed by atoms with Crippen molar-refractivity contribution in [3.05, 3.63) is 41.7 Å². The number of hydrogen-bond acceptors (Lipinski definition) is 7. The van der Waals surface area contributed by atoms with Gasteiger partial charge in [0.15, 0.2) is 5.65 Å². The Morgan fingerprint density at radius 2 is 1.81 bits per heavy atom. The molecule has 0 bridgehead atoms. The molecule has 9 heteroatoms. The van der Waals surface area contributed by atoms with Crippen LogP contribution in [-0.2, 0) is 16.3 Å². The lowest BCUT2D eigenvalue weighted by Crippen LogP contribution is -2.54. The van der Waals surface area contributed by atoms with Crippen molar-refractivity contribution < 1.29 is 13.2 Å². The molecule has 166 valence electrons. The van der Waals surface area contributed by atoms with Crippen molar-refractivity contribution in [1.29, 1.82) is 0 Å². The Balaban J connectivity index is 1.91. The SMILES string of the molecule is CCc1nn2c(N3C[C@@H](C)N[C@@H](C)C3)cc(C)nc2c1S(=O)(=O)c1ccc(OC)cc1. The summed E-state index contributed by atoms with van der Waals surface area (Å²) < 4.78 is 34.1. The first-order valence-corrected chi connectivity index (χ1v) is 12.0. The second-order valence-electron chi connectivity index (χ2n) is 8.17. The van der Waals surface area contributed by atoms with Gasteiger partial charge in [-0.3, -0.25) is 0 Å². The van der Waals surface area contributed by atoms with Crippen LogP contribution < -0.4 is 15.0 Å². The van der Waals surface area contributed by atoms with E-state index in [4.69, 9.17) is 9.84 Å². The van der Waals surface area contributed by atoms with Crippen molar-refractivity contribution >= 4 is 21.3 Å². The molecule has 1 fully saturated rings. The normalized spacial score (nSPS) is 19.7. The second kappa shape index (κ2) is 8.12. The lowest BCUT2D eigenvalue weighted by Gasteiger charge is -2.37. The van der Waals surface area contributed by atoms with Crippen LogP contribution in [0.15, 0.2) is 40.1 Å². The van der Waals surface area contributed by atoms with Crippen molar-refractivity contribution in [2.24, 2.45) is 0 Å². The molecule has 0 spiro atoms. The maximum absolute atomic E-state index is 13.6. The molecule has 0 saturated carbocycles. The van der Waals surface area contributed by atoms with Gasteiger partial charge >= 0.3 is 0 Å². The quantitative estimate of drug-likeness (QED) is 0.648. The first-order valence-electron chi connectivity index (χ1n) is 10.5. The van der Waals surface area contributed by atoms with Crippen LogP contribution in [0, 0.1) is 6.92 Å². The van der Waals surface area contributed by atoms with Crippen LogP contribution in [0.3, 0.4) is 0 Å². The van der Waals surface area contributed by atoms with E-state index >= 15 is 0 Å². The summed E-state index contributed by atoms with van der Waals surface area (Å²) >= 11 is 0. The average Bonchev–Trinajstić information content (AvgIpc) is 3.11. The molecule has 1 saturated heterocycles. The molecule has 2 aromatic heterocycles. The van der Waals surface area contributed by atoms with Crippen LogP contribution in [-0.4, -0.2) is 55.3 Å². The minimum Gasteiger partial charge on any atom is -0.497 e. The van der Waals surface area contributed by atoms with Gasteiger partial charge in [-0.2, -0.15) is 9.61 Å². The number of sulfone groups is 1. The van der Waals surface area contributed by atoms with Gasteiger partial charge in [0.2, 0.25) is 9.84 Å². The second-order valence-corrected chi connectivity index (χ2v) is 10.1. The first kappa shape index (κ1) is 21.6. The molecule has 0 aliphatic carbocycles. The molecule has 4 rings (SSSR count). The molecule has 1 aliphatic rings. The number of piperazine rings is 1. The Kier molecular flexibility index (Phi) is 5.65. The molecule has 0 amide bonds. The monoisotopic (exact) mass is 443 g/mol. The zero-order chi connectivity index (χ0) is 22.3. The molecule has 0 unspecified atom stereocenters. The number of hydrogen-bond donors (Lipinski definition) is 1. The number of aromatic nitrogens is 3. The zero-order valence-corrected chi connectivity index (χ0v) is 19.4. The Hall–Kier alpha value is -2.65. The minimum absolute atomic E-state index is 0.182. The fourth-order valence-electron chi connectivity index (χ4n) is 4.26. The van der Waals surface area contributed by atoms with E-state index in [1.165, 1.54) is 0 Å². The summed E-state index contributed by atoms with van der Waals surface area (Å²) in [5.74, 6) is 1.47. The molecule has 8 nitrogen and oxygen atoms in total. The highest BCUT2D eigenvalue weighted by Gasteiger charge is 2.31. The minimum atomic E-state index is -3.81. The molecule has 31 heavy (non-hydrogen) atoms. The van der Waals surface area contributed by atoms with Gasteiger partial charge in [-0.05, 0) is 51.5 Å². The van der Waals surface area contributed by atoms with Crippen LogP contribution in [0.2, 0.25) is 0 Å². The van der Waals surface area contributed by atoms with Crippen molar-refractivity contribution in [2.45, 2.75) is 56.0 Å². The van der Waals surface area contributed by atoms with Gasteiger partial charge in [-0.25, -0.2) is 13.4 Å². The highest BCUT2D eigenvalue weighted by Crippen LogP contribution is 2.31. The van der Waals surface area contributed by atoms with E-state index in [0.29, 0.717) is 35.6 Å². The largest absolute Gasteiger partial charge is 0.497 e. The van der Waals surface area contributed by atoms with E-state index in [-0.39, 0.29) is 9.79 Å². The van der Waals surface area contributed by atoms with Crippen molar-refractivity contribution in [2.75, 3.05) is 25.1 Å². The van der Waals surface area contributed by atoms with Gasteiger partial charge in [-0.1, -0.05) is 6.92 Å². The number of methoxy groups -OCH3 is 1. The zero-order valence-electron chi connectivity index (χ0n) is 18.6. The topological polar surface area (TPSA) is 88.8 Å². The summed E-state index contributed by atoms with van der Waals surface area (Å²) in [4.78, 5) is 7.25. The van der Waals surface area contributed by atoms with Gasteiger partial charge < -0.3 is 15.0 Å². The Morgan fingerprint density at radius 1 is 1.16 bits per heavy atom. The lowest BCUT2D eigenvalue weighted by atomic mass is 10.1. The van der Waals surface area contributed by atoms with Crippen LogP contribution in [0.25, 0.3) is 5.65 Å². The van der Waals surface area contributed by atoms with Crippen LogP contribution in [0.4, 0.5) is 5.82 Å². The number of ether oxygens (including phenoxy) is 1. The number of nitrogens with zero attached hydrogens (tertiary/aromatic N) is 4. The molecule has 1 N–H and O–H groups in total. The van der Waals surface area contributed by atoms with E-state index in [0.717, 1.165) is 24.6 Å². The molecule has 0 radical (unpaired) electrons. The summed E-state index contributed by atoms with van der Waals surface area (Å²) in [6, 6.07) is 9.04. The highest BCUT2D eigenvalue weighted by molar-refractivity contribution is 7.91. The predicted octanol–water partition coefficient (Wildman–Crippen LogP) is 2.63. The average molecular weight is 444 g/mol. The van der Waals surface area contributed by atoms with Crippen LogP contribution in [0.5, 0.6) is 5.75 Å². The maximum atomic E-state index is 13.6. The van der Waals surface area contributed by atoms with E-state index < -0.39 is 9.84 Å². The predicted molar refractivity (Wildman–Crippen MR) is 120 cm³/mol. The number of nitrogens with one attached hydrogen (secondary N) is 1. The number of rotatable bonds is 5. The molecular formula is C22H29N5O3S. The number of benzene rings is 1. The summed E-state index contributed by atoms with van der Waals surface area (Å²) in [5, 5.41) is 8.24. The highest BCUT2D eigenvalue weighted by atomic mass is 32.2. The number of anilines is 1. The van der Waals surface area contributed by atoms with Gasteiger partial charge in [0.1, 0.15) is 16.5 Å². The molecule has 2 atom stereocenters. The summed E-state index contributed by atoms with van der Waals surface area (Å²) in [7, 11) is -2.26. The van der Waals surface area contributed by atoms with E-state index in [9.17, 15) is 8.42 Å². The van der Waals surface area contributed by atoms with Crippen LogP contribution >= 0.6 is 0 Å². The summed E-state index contributed by atoms with van der Waals surface area (Å²) in [5.41, 5.74) is 1.66. The van der Waals surface area contributed by atoms with Gasteiger partial charge in [0.25, 0.3) is 0 Å². The smallest absolute Gasteiger partial charge is 0.212 e. The molecular weight excluding hydrogens is 414 g/mol. The summed E-state index contributed by atoms with van der Waals surface area (Å²) in [6.07, 6.45) is 0.487. The van der Waals surface area contributed by atoms with Crippen molar-refractivity contribution in [3.63, 3.8) is 0 Å². The third-order valence-corrected chi connectivity index (χ3v) is 7.43. The fraction of sp³-hybridized carbons (Fsp3) is 0.455. The molecule has 1 aromatic carbocycles.